The van der Waals surface area contributed by atoms with Gasteiger partial charge in [0, 0.05) is 11.1 Å². The Hall–Kier alpha value is -2.35. The Morgan fingerprint density at radius 1 is 0.905 bits per heavy atom. The molecular weight excluding hydrogens is 258 g/mol. The normalized spacial score (nSPS) is 12.0. The predicted octanol–water partition coefficient (Wildman–Crippen LogP) is 4.14. The maximum absolute atomic E-state index is 12.6. The van der Waals surface area contributed by atoms with Crippen LogP contribution >= 0.6 is 0 Å². The fraction of sp³-hybridized carbons (Fsp3) is 0.211. The van der Waals surface area contributed by atoms with Gasteiger partial charge < -0.3 is 5.32 Å². The monoisotopic (exact) mass is 279 g/mol. The lowest BCUT2D eigenvalue weighted by Crippen LogP contribution is -2.40. The van der Waals surface area contributed by atoms with Crippen molar-refractivity contribution in [1.29, 1.82) is 0 Å². The summed E-state index contributed by atoms with van der Waals surface area (Å²) in [6, 6.07) is 19.6. The van der Waals surface area contributed by atoms with Gasteiger partial charge in [0.15, 0.2) is 0 Å². The standard InChI is InChI=1S/C19H21NO/c1-19(2,3)20-18(21)17(16-12-8-5-9-13-16)14-15-10-6-4-7-11-15/h4-14H,1-3H3,(H,20,21)/b17-14+. The van der Waals surface area contributed by atoms with E-state index in [-0.39, 0.29) is 11.4 Å². The third-order valence-corrected chi connectivity index (χ3v) is 2.93. The van der Waals surface area contributed by atoms with E-state index in [1.165, 1.54) is 0 Å². The largest absolute Gasteiger partial charge is 0.347 e. The molecule has 0 unspecified atom stereocenters. The lowest BCUT2D eigenvalue weighted by atomic mass is 10.00. The lowest BCUT2D eigenvalue weighted by molar-refractivity contribution is -0.116. The van der Waals surface area contributed by atoms with Crippen LogP contribution in [-0.2, 0) is 4.79 Å². The zero-order chi connectivity index (χ0) is 15.3. The second-order valence-corrected chi connectivity index (χ2v) is 6.04. The average Bonchev–Trinajstić information content (AvgIpc) is 2.45. The third-order valence-electron chi connectivity index (χ3n) is 2.93. The Balaban J connectivity index is 2.41. The van der Waals surface area contributed by atoms with Crippen molar-refractivity contribution in [1.82, 2.24) is 5.32 Å². The van der Waals surface area contributed by atoms with Crippen molar-refractivity contribution in [3.63, 3.8) is 0 Å². The first-order valence-corrected chi connectivity index (χ1v) is 7.10. The van der Waals surface area contributed by atoms with E-state index in [1.54, 1.807) is 0 Å². The highest BCUT2D eigenvalue weighted by atomic mass is 16.1. The molecule has 108 valence electrons. The maximum Gasteiger partial charge on any atom is 0.252 e. The number of rotatable bonds is 3. The molecule has 2 aromatic rings. The van der Waals surface area contributed by atoms with Crippen molar-refractivity contribution in [2.75, 3.05) is 0 Å². The van der Waals surface area contributed by atoms with Gasteiger partial charge in [-0.3, -0.25) is 4.79 Å². The molecule has 0 spiro atoms. The zero-order valence-corrected chi connectivity index (χ0v) is 12.8. The van der Waals surface area contributed by atoms with E-state index >= 15 is 0 Å². The highest BCUT2D eigenvalue weighted by Gasteiger charge is 2.18. The summed E-state index contributed by atoms with van der Waals surface area (Å²) in [4.78, 5) is 12.6. The fourth-order valence-electron chi connectivity index (χ4n) is 2.02. The topological polar surface area (TPSA) is 29.1 Å². The average molecular weight is 279 g/mol. The number of hydrogen-bond acceptors (Lipinski definition) is 1. The highest BCUT2D eigenvalue weighted by Crippen LogP contribution is 2.19. The molecule has 2 aromatic carbocycles. The number of amides is 1. The highest BCUT2D eigenvalue weighted by molar-refractivity contribution is 6.24. The summed E-state index contributed by atoms with van der Waals surface area (Å²) in [5, 5.41) is 3.03. The number of carbonyl (C=O) groups excluding carboxylic acids is 1. The van der Waals surface area contributed by atoms with Crippen LogP contribution in [0.5, 0.6) is 0 Å². The number of nitrogens with one attached hydrogen (secondary N) is 1. The molecule has 0 heterocycles. The summed E-state index contributed by atoms with van der Waals surface area (Å²) in [5.74, 6) is -0.0578. The van der Waals surface area contributed by atoms with Gasteiger partial charge in [-0.2, -0.15) is 0 Å². The number of benzene rings is 2. The molecule has 0 aromatic heterocycles. The van der Waals surface area contributed by atoms with Crippen LogP contribution in [0.15, 0.2) is 60.7 Å². The number of carbonyl (C=O) groups is 1. The molecule has 1 N–H and O–H groups in total. The molecule has 0 atom stereocenters. The molecule has 0 aliphatic rings. The molecule has 0 bridgehead atoms. The molecule has 21 heavy (non-hydrogen) atoms. The van der Waals surface area contributed by atoms with Crippen LogP contribution in [0.3, 0.4) is 0 Å². The molecule has 0 saturated heterocycles. The van der Waals surface area contributed by atoms with Crippen molar-refractivity contribution >= 4 is 17.6 Å². The first kappa shape index (κ1) is 15.0. The van der Waals surface area contributed by atoms with Crippen LogP contribution in [0.4, 0.5) is 0 Å². The van der Waals surface area contributed by atoms with E-state index in [0.29, 0.717) is 5.57 Å². The molecule has 0 fully saturated rings. The lowest BCUT2D eigenvalue weighted by Gasteiger charge is -2.21. The minimum Gasteiger partial charge on any atom is -0.347 e. The van der Waals surface area contributed by atoms with Gasteiger partial charge in [0.05, 0.1) is 0 Å². The summed E-state index contributed by atoms with van der Waals surface area (Å²) in [6.45, 7) is 5.95. The van der Waals surface area contributed by atoms with E-state index < -0.39 is 0 Å². The van der Waals surface area contributed by atoms with Gasteiger partial charge >= 0.3 is 0 Å². The van der Waals surface area contributed by atoms with Crippen LogP contribution in [0.25, 0.3) is 11.6 Å². The molecule has 0 aliphatic carbocycles. The van der Waals surface area contributed by atoms with Gasteiger partial charge in [-0.1, -0.05) is 60.7 Å². The van der Waals surface area contributed by atoms with Crippen molar-refractivity contribution in [2.45, 2.75) is 26.3 Å². The van der Waals surface area contributed by atoms with Gasteiger partial charge in [0.25, 0.3) is 5.91 Å². The Kier molecular flexibility index (Phi) is 4.59. The van der Waals surface area contributed by atoms with E-state index in [1.807, 2.05) is 87.5 Å². The minimum atomic E-state index is -0.262. The molecule has 2 nitrogen and oxygen atoms in total. The molecular formula is C19H21NO. The number of hydrogen-bond donors (Lipinski definition) is 1. The first-order chi connectivity index (χ1) is 9.96. The fourth-order valence-corrected chi connectivity index (χ4v) is 2.02. The van der Waals surface area contributed by atoms with Gasteiger partial charge in [-0.25, -0.2) is 0 Å². The van der Waals surface area contributed by atoms with Crippen LogP contribution in [-0.4, -0.2) is 11.4 Å². The van der Waals surface area contributed by atoms with Crippen molar-refractivity contribution in [3.05, 3.63) is 71.8 Å². The maximum atomic E-state index is 12.6. The third kappa shape index (κ3) is 4.60. The smallest absolute Gasteiger partial charge is 0.252 e. The Morgan fingerprint density at radius 2 is 1.43 bits per heavy atom. The van der Waals surface area contributed by atoms with Crippen molar-refractivity contribution in [3.8, 4) is 0 Å². The van der Waals surface area contributed by atoms with Crippen LogP contribution < -0.4 is 5.32 Å². The van der Waals surface area contributed by atoms with Crippen molar-refractivity contribution in [2.24, 2.45) is 0 Å². The van der Waals surface area contributed by atoms with E-state index in [9.17, 15) is 4.79 Å². The van der Waals surface area contributed by atoms with Crippen LogP contribution in [0.2, 0.25) is 0 Å². The summed E-state index contributed by atoms with van der Waals surface area (Å²) in [6.07, 6.45) is 1.93. The SMILES string of the molecule is CC(C)(C)NC(=O)/C(=C/c1ccccc1)c1ccccc1. The Labute approximate surface area is 126 Å². The Morgan fingerprint density at radius 3 is 1.95 bits per heavy atom. The quantitative estimate of drug-likeness (QED) is 0.664. The van der Waals surface area contributed by atoms with Gasteiger partial charge in [-0.05, 0) is 38.0 Å². The van der Waals surface area contributed by atoms with Gasteiger partial charge in [-0.15, -0.1) is 0 Å². The molecule has 0 radical (unpaired) electrons. The van der Waals surface area contributed by atoms with Gasteiger partial charge in [0.2, 0.25) is 0 Å². The second-order valence-electron chi connectivity index (χ2n) is 6.04. The molecule has 2 rings (SSSR count). The first-order valence-electron chi connectivity index (χ1n) is 7.10. The molecule has 1 amide bonds. The van der Waals surface area contributed by atoms with Crippen LogP contribution in [0, 0.1) is 0 Å². The predicted molar refractivity (Wildman–Crippen MR) is 88.7 cm³/mol. The molecule has 2 heteroatoms. The van der Waals surface area contributed by atoms with Crippen molar-refractivity contribution < 1.29 is 4.79 Å². The van der Waals surface area contributed by atoms with Gasteiger partial charge in [0.1, 0.15) is 0 Å². The summed E-state index contributed by atoms with van der Waals surface area (Å²) >= 11 is 0. The van der Waals surface area contributed by atoms with E-state index in [2.05, 4.69) is 5.32 Å². The van der Waals surface area contributed by atoms with E-state index in [0.717, 1.165) is 11.1 Å². The second kappa shape index (κ2) is 6.40. The summed E-state index contributed by atoms with van der Waals surface area (Å²) in [5.41, 5.74) is 2.35. The van der Waals surface area contributed by atoms with E-state index in [4.69, 9.17) is 0 Å². The summed E-state index contributed by atoms with van der Waals surface area (Å²) in [7, 11) is 0. The Bertz CT molecular complexity index is 622. The van der Waals surface area contributed by atoms with Crippen LogP contribution in [0.1, 0.15) is 31.9 Å². The summed E-state index contributed by atoms with van der Waals surface area (Å²) < 4.78 is 0. The minimum absolute atomic E-state index is 0.0578. The molecule has 0 saturated carbocycles. The molecule has 0 aliphatic heterocycles. The zero-order valence-electron chi connectivity index (χ0n) is 12.8.